The van der Waals surface area contributed by atoms with Crippen LogP contribution in [-0.2, 0) is 25.7 Å². The number of nitrogens with zero attached hydrogens (tertiary/aromatic N) is 2. The minimum atomic E-state index is -0.861. The number of esters is 2. The van der Waals surface area contributed by atoms with Gasteiger partial charge < -0.3 is 23.7 Å². The quantitative estimate of drug-likeness (QED) is 0.178. The maximum atomic E-state index is 14.1. The Morgan fingerprint density at radius 1 is 0.938 bits per heavy atom. The van der Waals surface area contributed by atoms with Gasteiger partial charge in [0.25, 0.3) is 5.56 Å². The molecule has 12 heteroatoms. The first-order valence-corrected chi connectivity index (χ1v) is 16.9. The summed E-state index contributed by atoms with van der Waals surface area (Å²) < 4.78 is 30.3. The van der Waals surface area contributed by atoms with Gasteiger partial charge in [-0.25, -0.2) is 14.6 Å². The molecule has 0 saturated heterocycles. The summed E-state index contributed by atoms with van der Waals surface area (Å²) >= 11 is 4.83. The van der Waals surface area contributed by atoms with Crippen molar-refractivity contribution >= 4 is 45.3 Å². The van der Waals surface area contributed by atoms with Crippen molar-refractivity contribution in [2.24, 2.45) is 4.99 Å². The number of aromatic nitrogens is 1. The molecule has 250 valence electrons. The lowest BCUT2D eigenvalue weighted by atomic mass is 9.95. The fraction of sp³-hybridized carbons (Fsp3) is 0.278. The van der Waals surface area contributed by atoms with Crippen LogP contribution in [0.2, 0.25) is 0 Å². The van der Waals surface area contributed by atoms with Gasteiger partial charge >= 0.3 is 11.9 Å². The smallest absolute Gasteiger partial charge is 0.343 e. The monoisotopic (exact) mass is 734 g/mol. The first kappa shape index (κ1) is 34.6. The van der Waals surface area contributed by atoms with Crippen LogP contribution in [0.5, 0.6) is 17.2 Å². The van der Waals surface area contributed by atoms with Gasteiger partial charge in [-0.1, -0.05) is 53.3 Å². The van der Waals surface area contributed by atoms with Gasteiger partial charge in [0.1, 0.15) is 12.4 Å². The van der Waals surface area contributed by atoms with Crippen molar-refractivity contribution in [2.75, 3.05) is 26.9 Å². The molecule has 1 aromatic heterocycles. The molecule has 5 rings (SSSR count). The average molecular weight is 736 g/mol. The number of carbonyl (C=O) groups excluding carboxylic acids is 2. The van der Waals surface area contributed by atoms with E-state index in [1.165, 1.54) is 28.6 Å². The van der Waals surface area contributed by atoms with Crippen LogP contribution in [-0.4, -0.2) is 43.4 Å². The second-order valence-electron chi connectivity index (χ2n) is 10.8. The van der Waals surface area contributed by atoms with E-state index in [4.69, 9.17) is 18.9 Å². The Morgan fingerprint density at radius 3 is 2.38 bits per heavy atom. The van der Waals surface area contributed by atoms with Gasteiger partial charge in [0.05, 0.1) is 46.6 Å². The van der Waals surface area contributed by atoms with Gasteiger partial charge in [-0.05, 0) is 90.7 Å². The first-order valence-electron chi connectivity index (χ1n) is 15.3. The summed E-state index contributed by atoms with van der Waals surface area (Å²) in [4.78, 5) is 44.3. The first-order chi connectivity index (χ1) is 23.1. The molecule has 0 radical (unpaired) electrons. The maximum absolute atomic E-state index is 14.1. The lowest BCUT2D eigenvalue weighted by molar-refractivity contribution is -0.143. The molecule has 0 aliphatic carbocycles. The van der Waals surface area contributed by atoms with E-state index in [9.17, 15) is 14.4 Å². The van der Waals surface area contributed by atoms with Crippen molar-refractivity contribution in [3.8, 4) is 17.2 Å². The topological polar surface area (TPSA) is 115 Å². The Labute approximate surface area is 290 Å². The Balaban J connectivity index is 1.54. The number of halogens is 1. The van der Waals surface area contributed by atoms with E-state index in [0.29, 0.717) is 51.1 Å². The van der Waals surface area contributed by atoms with Crippen LogP contribution in [0.15, 0.2) is 86.2 Å². The molecule has 0 spiro atoms. The van der Waals surface area contributed by atoms with Crippen LogP contribution in [0.4, 0.5) is 0 Å². The third-order valence-electron chi connectivity index (χ3n) is 7.44. The number of fused-ring (bicyclic) bond motifs is 1. The van der Waals surface area contributed by atoms with Crippen LogP contribution < -0.4 is 29.1 Å². The summed E-state index contributed by atoms with van der Waals surface area (Å²) in [5.41, 5.74) is 3.94. The molecule has 0 amide bonds. The normalized spacial score (nSPS) is 14.2. The van der Waals surface area contributed by atoms with Crippen LogP contribution in [0.3, 0.4) is 0 Å². The van der Waals surface area contributed by atoms with Crippen molar-refractivity contribution in [3.63, 3.8) is 0 Å². The maximum Gasteiger partial charge on any atom is 0.343 e. The fourth-order valence-corrected chi connectivity index (χ4v) is 6.66. The average Bonchev–Trinajstić information content (AvgIpc) is 3.37. The van der Waals surface area contributed by atoms with Crippen molar-refractivity contribution in [1.82, 2.24) is 4.57 Å². The lowest BCUT2D eigenvalue weighted by Gasteiger charge is -2.25. The molecule has 48 heavy (non-hydrogen) atoms. The Morgan fingerprint density at radius 2 is 1.69 bits per heavy atom. The zero-order valence-electron chi connectivity index (χ0n) is 27.2. The number of hydrogen-bond donors (Lipinski definition) is 0. The number of aryl methyl sites for hydroxylation is 1. The minimum absolute atomic E-state index is 0.150. The summed E-state index contributed by atoms with van der Waals surface area (Å²) in [6.07, 6.45) is 1.79. The number of allylic oxidation sites excluding steroid dienone is 1. The molecule has 4 aromatic rings. The number of methoxy groups -OCH3 is 1. The van der Waals surface area contributed by atoms with E-state index in [1.807, 2.05) is 56.3 Å². The molecule has 0 unspecified atom stereocenters. The van der Waals surface area contributed by atoms with E-state index in [0.717, 1.165) is 15.6 Å². The lowest BCUT2D eigenvalue weighted by Crippen LogP contribution is -2.40. The number of hydrogen-bond acceptors (Lipinski definition) is 10. The molecule has 2 heterocycles. The van der Waals surface area contributed by atoms with E-state index < -0.39 is 18.0 Å². The standard InChI is InChI=1S/C36H35BrN2O8S/c1-6-44-29-18-25(13-15-28(29)47-20-31(40)43-5)33-32(35(42)45-7-2)22(4)38-36-39(33)34(41)30(48-36)17-24-12-14-27(26(37)16-24)46-19-23-10-8-21(3)9-11-23/h8-18,33H,6-7,19-20H2,1-5H3/b30-17-/t33-/m1/s1. The molecule has 0 fully saturated rings. The number of thiazole rings is 1. The molecule has 10 nitrogen and oxygen atoms in total. The summed E-state index contributed by atoms with van der Waals surface area (Å²) in [7, 11) is 1.27. The van der Waals surface area contributed by atoms with Crippen molar-refractivity contribution in [3.05, 3.63) is 118 Å². The fourth-order valence-electron chi connectivity index (χ4n) is 5.11. The van der Waals surface area contributed by atoms with E-state index in [2.05, 4.69) is 25.7 Å². The van der Waals surface area contributed by atoms with Crippen LogP contribution in [0.25, 0.3) is 6.08 Å². The predicted molar refractivity (Wildman–Crippen MR) is 185 cm³/mol. The van der Waals surface area contributed by atoms with E-state index in [-0.39, 0.29) is 24.3 Å². The van der Waals surface area contributed by atoms with E-state index in [1.54, 1.807) is 38.1 Å². The summed E-state index contributed by atoms with van der Waals surface area (Å²) in [6, 6.07) is 18.0. The molecule has 1 aliphatic heterocycles. The highest BCUT2D eigenvalue weighted by Crippen LogP contribution is 2.36. The summed E-state index contributed by atoms with van der Waals surface area (Å²) in [6.45, 7) is 7.86. The van der Waals surface area contributed by atoms with Crippen LogP contribution in [0, 0.1) is 6.92 Å². The summed E-state index contributed by atoms with van der Waals surface area (Å²) in [5, 5.41) is 0. The SMILES string of the molecule is CCOC(=O)C1=C(C)N=c2s/c(=C\c3ccc(OCc4ccc(C)cc4)c(Br)c3)c(=O)n2[C@@H]1c1ccc(OCC(=O)OC)c(OCC)c1. The molecule has 3 aromatic carbocycles. The molecular formula is C36H35BrN2O8S. The van der Waals surface area contributed by atoms with Gasteiger partial charge in [-0.3, -0.25) is 9.36 Å². The second kappa shape index (κ2) is 15.5. The van der Waals surface area contributed by atoms with Crippen molar-refractivity contribution in [1.29, 1.82) is 0 Å². The predicted octanol–water partition coefficient (Wildman–Crippen LogP) is 5.40. The van der Waals surface area contributed by atoms with Gasteiger partial charge in [-0.15, -0.1) is 0 Å². The third-order valence-corrected chi connectivity index (χ3v) is 9.04. The largest absolute Gasteiger partial charge is 0.490 e. The van der Waals surface area contributed by atoms with Gasteiger partial charge in [0, 0.05) is 0 Å². The van der Waals surface area contributed by atoms with Crippen LogP contribution in [0.1, 0.15) is 49.1 Å². The number of carbonyl (C=O) groups is 2. The Kier molecular flexibility index (Phi) is 11.2. The highest BCUT2D eigenvalue weighted by atomic mass is 79.9. The molecule has 0 saturated carbocycles. The third kappa shape index (κ3) is 7.71. The minimum Gasteiger partial charge on any atom is -0.490 e. The Hall–Kier alpha value is -4.68. The van der Waals surface area contributed by atoms with Gasteiger partial charge in [0.2, 0.25) is 0 Å². The molecule has 0 N–H and O–H groups in total. The highest BCUT2D eigenvalue weighted by molar-refractivity contribution is 9.10. The Bertz CT molecular complexity index is 2050. The second-order valence-corrected chi connectivity index (χ2v) is 12.6. The van der Waals surface area contributed by atoms with Crippen molar-refractivity contribution in [2.45, 2.75) is 40.3 Å². The zero-order valence-corrected chi connectivity index (χ0v) is 29.6. The van der Waals surface area contributed by atoms with E-state index >= 15 is 0 Å². The number of rotatable bonds is 12. The highest BCUT2D eigenvalue weighted by Gasteiger charge is 2.34. The van der Waals surface area contributed by atoms with Crippen molar-refractivity contribution < 1.29 is 33.3 Å². The number of ether oxygens (including phenoxy) is 5. The molecular weight excluding hydrogens is 700 g/mol. The molecule has 1 aliphatic rings. The van der Waals surface area contributed by atoms with Gasteiger partial charge in [-0.2, -0.15) is 0 Å². The van der Waals surface area contributed by atoms with Gasteiger partial charge in [0.15, 0.2) is 22.9 Å². The molecule has 1 atom stereocenters. The molecule has 0 bridgehead atoms. The van der Waals surface area contributed by atoms with Crippen LogP contribution >= 0.6 is 27.3 Å². The zero-order chi connectivity index (χ0) is 34.4. The number of benzene rings is 3. The summed E-state index contributed by atoms with van der Waals surface area (Å²) in [5.74, 6) is 0.204.